The molecule has 0 bridgehead atoms. The normalized spacial score (nSPS) is 12.3. The minimum atomic E-state index is 0.397. The molecule has 1 unspecified atom stereocenters. The number of nitrogens with zero attached hydrogens (tertiary/aromatic N) is 1. The topological polar surface area (TPSA) is 34.2 Å². The summed E-state index contributed by atoms with van der Waals surface area (Å²) in [5.41, 5.74) is 1.25. The highest BCUT2D eigenvalue weighted by atomic mass is 16.5. The maximum absolute atomic E-state index is 5.55. The van der Waals surface area contributed by atoms with Gasteiger partial charge < -0.3 is 10.1 Å². The van der Waals surface area contributed by atoms with Crippen molar-refractivity contribution < 1.29 is 4.74 Å². The summed E-state index contributed by atoms with van der Waals surface area (Å²) < 4.78 is 5.55. The van der Waals surface area contributed by atoms with Crippen LogP contribution in [0.1, 0.15) is 77.3 Å². The van der Waals surface area contributed by atoms with Crippen LogP contribution in [0.2, 0.25) is 0 Å². The van der Waals surface area contributed by atoms with Gasteiger partial charge in [0, 0.05) is 12.2 Å². The molecule has 0 fully saturated rings. The number of pyridine rings is 1. The monoisotopic (exact) mass is 292 g/mol. The molecule has 0 aliphatic carbocycles. The molecule has 1 heterocycles. The van der Waals surface area contributed by atoms with Crippen LogP contribution in [-0.4, -0.2) is 18.1 Å². The number of aromatic nitrogens is 1. The van der Waals surface area contributed by atoms with E-state index in [-0.39, 0.29) is 0 Å². The van der Waals surface area contributed by atoms with Crippen LogP contribution in [0.25, 0.3) is 0 Å². The van der Waals surface area contributed by atoms with Crippen molar-refractivity contribution in [2.45, 2.75) is 71.8 Å². The van der Waals surface area contributed by atoms with Gasteiger partial charge in [-0.15, -0.1) is 0 Å². The second-order valence-corrected chi connectivity index (χ2v) is 5.55. The number of nitrogens with one attached hydrogen (secondary N) is 1. The molecule has 0 aliphatic rings. The number of unbranched alkanes of at least 4 members (excludes halogenated alkanes) is 5. The van der Waals surface area contributed by atoms with Gasteiger partial charge in [-0.3, -0.25) is 4.98 Å². The van der Waals surface area contributed by atoms with Crippen molar-refractivity contribution in [1.82, 2.24) is 10.3 Å². The maximum Gasteiger partial charge on any atom is 0.137 e. The average Bonchev–Trinajstić information content (AvgIpc) is 2.50. The first-order valence-corrected chi connectivity index (χ1v) is 8.62. The highest BCUT2D eigenvalue weighted by Crippen LogP contribution is 2.23. The quantitative estimate of drug-likeness (QED) is 0.557. The third-order valence-electron chi connectivity index (χ3n) is 3.74. The van der Waals surface area contributed by atoms with Gasteiger partial charge in [0.05, 0.1) is 12.8 Å². The molecule has 0 spiro atoms. The highest BCUT2D eigenvalue weighted by Gasteiger charge is 2.11. The van der Waals surface area contributed by atoms with Gasteiger partial charge in [0.1, 0.15) is 5.75 Å². The summed E-state index contributed by atoms with van der Waals surface area (Å²) in [4.78, 5) is 4.31. The van der Waals surface area contributed by atoms with Crippen molar-refractivity contribution in [2.75, 3.05) is 13.2 Å². The minimum absolute atomic E-state index is 0.397. The van der Waals surface area contributed by atoms with E-state index in [4.69, 9.17) is 4.74 Å². The van der Waals surface area contributed by atoms with Gasteiger partial charge in [-0.1, -0.05) is 52.4 Å². The molecule has 0 radical (unpaired) electrons. The second-order valence-electron chi connectivity index (χ2n) is 5.55. The third-order valence-corrected chi connectivity index (χ3v) is 3.74. The van der Waals surface area contributed by atoms with E-state index in [0.717, 1.165) is 12.3 Å². The number of ether oxygens (including phenoxy) is 1. The molecule has 0 saturated carbocycles. The lowest BCUT2D eigenvalue weighted by molar-refractivity contribution is 0.337. The average molecular weight is 292 g/mol. The Morgan fingerprint density at radius 1 is 1.05 bits per heavy atom. The summed E-state index contributed by atoms with van der Waals surface area (Å²) in [5.74, 6) is 0.876. The molecule has 0 aromatic carbocycles. The standard InChI is InChI=1S/C18H32N2O/c1-4-7-8-9-10-11-12-18(20-5-2)16-13-17(21-6-3)15-19-14-16/h13-15,18,20H,4-12H2,1-3H3. The fourth-order valence-corrected chi connectivity index (χ4v) is 2.63. The van der Waals surface area contributed by atoms with E-state index < -0.39 is 0 Å². The van der Waals surface area contributed by atoms with Crippen molar-refractivity contribution in [3.63, 3.8) is 0 Å². The van der Waals surface area contributed by atoms with Crippen molar-refractivity contribution in [2.24, 2.45) is 0 Å². The summed E-state index contributed by atoms with van der Waals surface area (Å²) in [6.45, 7) is 8.10. The first-order chi connectivity index (χ1) is 10.3. The van der Waals surface area contributed by atoms with Gasteiger partial charge in [0.2, 0.25) is 0 Å². The Morgan fingerprint density at radius 2 is 1.81 bits per heavy atom. The maximum atomic E-state index is 5.55. The Morgan fingerprint density at radius 3 is 2.52 bits per heavy atom. The fourth-order valence-electron chi connectivity index (χ4n) is 2.63. The van der Waals surface area contributed by atoms with Gasteiger partial charge in [-0.05, 0) is 31.5 Å². The molecule has 1 aromatic rings. The number of rotatable bonds is 12. The van der Waals surface area contributed by atoms with Gasteiger partial charge >= 0.3 is 0 Å². The molecule has 1 aromatic heterocycles. The lowest BCUT2D eigenvalue weighted by Gasteiger charge is -2.18. The highest BCUT2D eigenvalue weighted by molar-refractivity contribution is 5.26. The predicted octanol–water partition coefficient (Wildman–Crippen LogP) is 4.88. The zero-order valence-corrected chi connectivity index (χ0v) is 14.0. The fraction of sp³-hybridized carbons (Fsp3) is 0.722. The van der Waals surface area contributed by atoms with Gasteiger partial charge in [-0.25, -0.2) is 0 Å². The van der Waals surface area contributed by atoms with Crippen molar-refractivity contribution >= 4 is 0 Å². The summed E-state index contributed by atoms with van der Waals surface area (Å²) in [7, 11) is 0. The molecule has 1 N–H and O–H groups in total. The molecule has 3 nitrogen and oxygen atoms in total. The van der Waals surface area contributed by atoms with Gasteiger partial charge in [-0.2, -0.15) is 0 Å². The first-order valence-electron chi connectivity index (χ1n) is 8.62. The van der Waals surface area contributed by atoms with Gasteiger partial charge in [0.15, 0.2) is 0 Å². The Kier molecular flexibility index (Phi) is 9.88. The zero-order valence-electron chi connectivity index (χ0n) is 14.0. The van der Waals surface area contributed by atoms with E-state index in [0.29, 0.717) is 12.6 Å². The largest absolute Gasteiger partial charge is 0.492 e. The van der Waals surface area contributed by atoms with E-state index in [1.165, 1.54) is 50.5 Å². The van der Waals surface area contributed by atoms with E-state index in [1.54, 1.807) is 6.20 Å². The lowest BCUT2D eigenvalue weighted by Crippen LogP contribution is -2.21. The second kappa shape index (κ2) is 11.6. The number of hydrogen-bond donors (Lipinski definition) is 1. The smallest absolute Gasteiger partial charge is 0.137 e. The third kappa shape index (κ3) is 7.47. The Balaban J connectivity index is 2.46. The van der Waals surface area contributed by atoms with Crippen molar-refractivity contribution in [3.05, 3.63) is 24.0 Å². The molecule has 21 heavy (non-hydrogen) atoms. The van der Waals surface area contributed by atoms with Crippen LogP contribution < -0.4 is 10.1 Å². The summed E-state index contributed by atoms with van der Waals surface area (Å²) in [5, 5.41) is 3.57. The molecule has 3 heteroatoms. The molecule has 1 rings (SSSR count). The minimum Gasteiger partial charge on any atom is -0.492 e. The van der Waals surface area contributed by atoms with E-state index in [9.17, 15) is 0 Å². The van der Waals surface area contributed by atoms with Gasteiger partial charge in [0.25, 0.3) is 0 Å². The number of hydrogen-bond acceptors (Lipinski definition) is 3. The molecular formula is C18H32N2O. The first kappa shape index (κ1) is 18.0. The Hall–Kier alpha value is -1.09. The summed E-state index contributed by atoms with van der Waals surface area (Å²) >= 11 is 0. The molecular weight excluding hydrogens is 260 g/mol. The molecule has 120 valence electrons. The Bertz CT molecular complexity index is 368. The van der Waals surface area contributed by atoms with Crippen molar-refractivity contribution in [3.8, 4) is 5.75 Å². The van der Waals surface area contributed by atoms with E-state index in [1.807, 2.05) is 13.1 Å². The van der Waals surface area contributed by atoms with Crippen LogP contribution in [0, 0.1) is 0 Å². The van der Waals surface area contributed by atoms with E-state index >= 15 is 0 Å². The van der Waals surface area contributed by atoms with Crippen LogP contribution in [0.4, 0.5) is 0 Å². The molecule has 0 amide bonds. The van der Waals surface area contributed by atoms with Crippen LogP contribution in [-0.2, 0) is 0 Å². The Labute approximate surface area is 130 Å². The van der Waals surface area contributed by atoms with Crippen LogP contribution in [0.3, 0.4) is 0 Å². The summed E-state index contributed by atoms with van der Waals surface area (Å²) in [6.07, 6.45) is 13.0. The van der Waals surface area contributed by atoms with Crippen LogP contribution in [0.5, 0.6) is 5.75 Å². The molecule has 0 aliphatic heterocycles. The lowest BCUT2D eigenvalue weighted by atomic mass is 10.0. The zero-order chi connectivity index (χ0) is 15.3. The SMILES string of the molecule is CCCCCCCCC(NCC)c1cncc(OCC)c1. The summed E-state index contributed by atoms with van der Waals surface area (Å²) in [6, 6.07) is 2.52. The van der Waals surface area contributed by atoms with Crippen LogP contribution in [0.15, 0.2) is 18.5 Å². The molecule has 1 atom stereocenters. The van der Waals surface area contributed by atoms with E-state index in [2.05, 4.69) is 30.2 Å². The predicted molar refractivity (Wildman–Crippen MR) is 89.8 cm³/mol. The van der Waals surface area contributed by atoms with Crippen LogP contribution >= 0.6 is 0 Å². The van der Waals surface area contributed by atoms with Crippen molar-refractivity contribution in [1.29, 1.82) is 0 Å². The molecule has 0 saturated heterocycles.